The molecule has 2 N–H and O–H groups in total. The van der Waals surface area contributed by atoms with E-state index < -0.39 is 23.6 Å². The molecule has 1 aliphatic heterocycles. The molecule has 0 spiro atoms. The number of carbonyl (C=O) groups is 2. The van der Waals surface area contributed by atoms with Gasteiger partial charge in [-0.25, -0.2) is 8.78 Å². The topological polar surface area (TPSA) is 69.6 Å². The van der Waals surface area contributed by atoms with Crippen molar-refractivity contribution < 1.29 is 23.5 Å². The van der Waals surface area contributed by atoms with Gasteiger partial charge < -0.3 is 10.4 Å². The van der Waals surface area contributed by atoms with E-state index in [9.17, 15) is 18.4 Å². The SMILES string of the molecule is Cl.O=C(O)CCN1CCCCC1C(=O)Nc1cc(F)cc(F)c1. The number of hydrogen-bond acceptors (Lipinski definition) is 3. The molecule has 0 saturated carbocycles. The van der Waals surface area contributed by atoms with Crippen LogP contribution >= 0.6 is 12.4 Å². The number of aliphatic carboxylic acids is 1. The number of likely N-dealkylation sites (tertiary alicyclic amines) is 1. The number of halogens is 3. The van der Waals surface area contributed by atoms with Gasteiger partial charge in [-0.1, -0.05) is 6.42 Å². The number of amides is 1. The zero-order valence-electron chi connectivity index (χ0n) is 12.4. The van der Waals surface area contributed by atoms with Crippen LogP contribution in [0.5, 0.6) is 0 Å². The van der Waals surface area contributed by atoms with Gasteiger partial charge in [0.2, 0.25) is 5.91 Å². The van der Waals surface area contributed by atoms with Gasteiger partial charge in [0.25, 0.3) is 0 Å². The first kappa shape index (κ1) is 19.3. The molecule has 0 aromatic heterocycles. The standard InChI is InChI=1S/C15H18F2N2O3.ClH/c16-10-7-11(17)9-12(8-10)18-15(22)13-3-1-2-5-19(13)6-4-14(20)21;/h7-9,13H,1-6H2,(H,18,22)(H,20,21);1H. The molecule has 1 aromatic carbocycles. The van der Waals surface area contributed by atoms with Crippen LogP contribution in [0.1, 0.15) is 25.7 Å². The number of hydrogen-bond donors (Lipinski definition) is 2. The summed E-state index contributed by atoms with van der Waals surface area (Å²) in [6, 6.07) is 2.35. The first-order valence-corrected chi connectivity index (χ1v) is 7.18. The number of piperidine rings is 1. The molecular formula is C15H19ClF2N2O3. The van der Waals surface area contributed by atoms with Crippen LogP contribution in [0, 0.1) is 11.6 Å². The third-order valence-corrected chi connectivity index (χ3v) is 3.66. The molecule has 1 aliphatic rings. The fourth-order valence-electron chi connectivity index (χ4n) is 2.65. The molecule has 2 rings (SSSR count). The van der Waals surface area contributed by atoms with Crippen molar-refractivity contribution in [2.24, 2.45) is 0 Å². The van der Waals surface area contributed by atoms with Gasteiger partial charge in [-0.15, -0.1) is 12.4 Å². The van der Waals surface area contributed by atoms with Crippen LogP contribution in [0.15, 0.2) is 18.2 Å². The van der Waals surface area contributed by atoms with E-state index in [1.54, 1.807) is 0 Å². The molecule has 0 bridgehead atoms. The fourth-order valence-corrected chi connectivity index (χ4v) is 2.65. The van der Waals surface area contributed by atoms with Crippen LogP contribution in [0.4, 0.5) is 14.5 Å². The third-order valence-electron chi connectivity index (χ3n) is 3.66. The number of nitrogens with one attached hydrogen (secondary N) is 1. The van der Waals surface area contributed by atoms with Crippen LogP contribution in [0.3, 0.4) is 0 Å². The Bertz CT molecular complexity index is 551. The Balaban J connectivity index is 0.00000264. The summed E-state index contributed by atoms with van der Waals surface area (Å²) in [5.41, 5.74) is 0.0614. The second kappa shape index (κ2) is 8.79. The zero-order valence-corrected chi connectivity index (χ0v) is 13.2. The third kappa shape index (κ3) is 5.76. The number of rotatable bonds is 5. The summed E-state index contributed by atoms with van der Waals surface area (Å²) in [6.07, 6.45) is 2.32. The Morgan fingerprint density at radius 3 is 2.48 bits per heavy atom. The van der Waals surface area contributed by atoms with E-state index in [-0.39, 0.29) is 37.0 Å². The molecule has 128 valence electrons. The Hall–Kier alpha value is -1.73. The predicted octanol–water partition coefficient (Wildman–Crippen LogP) is 2.65. The molecule has 1 aromatic rings. The van der Waals surface area contributed by atoms with Gasteiger partial charge in [0.15, 0.2) is 0 Å². The predicted molar refractivity (Wildman–Crippen MR) is 83.7 cm³/mol. The summed E-state index contributed by atoms with van der Waals surface area (Å²) in [6.45, 7) is 0.924. The molecule has 0 aliphatic carbocycles. The lowest BCUT2D eigenvalue weighted by atomic mass is 10.0. The molecule has 1 unspecified atom stereocenters. The van der Waals surface area contributed by atoms with Gasteiger partial charge in [-0.05, 0) is 31.5 Å². The van der Waals surface area contributed by atoms with Crippen molar-refractivity contribution in [1.29, 1.82) is 0 Å². The van der Waals surface area contributed by atoms with Crippen molar-refractivity contribution in [3.05, 3.63) is 29.8 Å². The van der Waals surface area contributed by atoms with Crippen molar-refractivity contribution >= 4 is 30.0 Å². The van der Waals surface area contributed by atoms with E-state index in [2.05, 4.69) is 5.32 Å². The minimum Gasteiger partial charge on any atom is -0.481 e. The average molecular weight is 349 g/mol. The maximum atomic E-state index is 13.1. The summed E-state index contributed by atoms with van der Waals surface area (Å²) >= 11 is 0. The van der Waals surface area contributed by atoms with Crippen molar-refractivity contribution in [3.8, 4) is 0 Å². The molecule has 1 saturated heterocycles. The number of carboxylic acid groups (broad SMARTS) is 1. The lowest BCUT2D eigenvalue weighted by Gasteiger charge is -2.34. The highest BCUT2D eigenvalue weighted by molar-refractivity contribution is 5.94. The zero-order chi connectivity index (χ0) is 16.1. The number of benzene rings is 1. The summed E-state index contributed by atoms with van der Waals surface area (Å²) in [5.74, 6) is -2.81. The average Bonchev–Trinajstić information content (AvgIpc) is 2.44. The van der Waals surface area contributed by atoms with Crippen molar-refractivity contribution in [2.45, 2.75) is 31.7 Å². The smallest absolute Gasteiger partial charge is 0.304 e. The second-order valence-corrected chi connectivity index (χ2v) is 5.34. The van der Waals surface area contributed by atoms with E-state index in [1.807, 2.05) is 4.90 Å². The van der Waals surface area contributed by atoms with Crippen LogP contribution in [-0.4, -0.2) is 41.0 Å². The number of carboxylic acids is 1. The Kier molecular flexibility index (Phi) is 7.38. The van der Waals surface area contributed by atoms with Gasteiger partial charge in [-0.3, -0.25) is 14.5 Å². The second-order valence-electron chi connectivity index (χ2n) is 5.34. The maximum Gasteiger partial charge on any atom is 0.304 e. The Labute approximate surface area is 139 Å². The Morgan fingerprint density at radius 1 is 1.22 bits per heavy atom. The normalized spacial score (nSPS) is 18.1. The highest BCUT2D eigenvalue weighted by Gasteiger charge is 2.28. The first-order valence-electron chi connectivity index (χ1n) is 7.18. The number of nitrogens with zero attached hydrogens (tertiary/aromatic N) is 1. The molecule has 1 amide bonds. The lowest BCUT2D eigenvalue weighted by molar-refractivity contribution is -0.138. The molecule has 23 heavy (non-hydrogen) atoms. The molecule has 1 atom stereocenters. The Morgan fingerprint density at radius 2 is 1.87 bits per heavy atom. The highest BCUT2D eigenvalue weighted by atomic mass is 35.5. The van der Waals surface area contributed by atoms with Crippen LogP contribution in [0.2, 0.25) is 0 Å². The minimum absolute atomic E-state index is 0. The van der Waals surface area contributed by atoms with Gasteiger partial charge >= 0.3 is 5.97 Å². The van der Waals surface area contributed by atoms with E-state index >= 15 is 0 Å². The minimum atomic E-state index is -0.920. The highest BCUT2D eigenvalue weighted by Crippen LogP contribution is 2.20. The van der Waals surface area contributed by atoms with Crippen LogP contribution < -0.4 is 5.32 Å². The van der Waals surface area contributed by atoms with E-state index in [0.717, 1.165) is 31.0 Å². The quantitative estimate of drug-likeness (QED) is 0.858. The van der Waals surface area contributed by atoms with E-state index in [4.69, 9.17) is 5.11 Å². The fraction of sp³-hybridized carbons (Fsp3) is 0.467. The number of anilines is 1. The summed E-state index contributed by atoms with van der Waals surface area (Å²) < 4.78 is 26.3. The summed E-state index contributed by atoms with van der Waals surface area (Å²) in [5, 5.41) is 11.3. The molecule has 0 radical (unpaired) electrons. The van der Waals surface area contributed by atoms with Gasteiger partial charge in [0.1, 0.15) is 11.6 Å². The largest absolute Gasteiger partial charge is 0.481 e. The van der Waals surface area contributed by atoms with Crippen molar-refractivity contribution in [2.75, 3.05) is 18.4 Å². The van der Waals surface area contributed by atoms with Gasteiger partial charge in [0, 0.05) is 18.3 Å². The molecule has 5 nitrogen and oxygen atoms in total. The van der Waals surface area contributed by atoms with Gasteiger partial charge in [0.05, 0.1) is 12.5 Å². The summed E-state index contributed by atoms with van der Waals surface area (Å²) in [7, 11) is 0. The maximum absolute atomic E-state index is 13.1. The van der Waals surface area contributed by atoms with E-state index in [0.29, 0.717) is 13.0 Å². The molecule has 1 heterocycles. The first-order chi connectivity index (χ1) is 10.5. The van der Waals surface area contributed by atoms with Crippen molar-refractivity contribution in [1.82, 2.24) is 4.90 Å². The molecule has 8 heteroatoms. The van der Waals surface area contributed by atoms with Gasteiger partial charge in [-0.2, -0.15) is 0 Å². The van der Waals surface area contributed by atoms with E-state index in [1.165, 1.54) is 0 Å². The van der Waals surface area contributed by atoms with Crippen LogP contribution in [-0.2, 0) is 9.59 Å². The van der Waals surface area contributed by atoms with Crippen LogP contribution in [0.25, 0.3) is 0 Å². The molecule has 1 fully saturated rings. The number of carbonyl (C=O) groups excluding carboxylic acids is 1. The monoisotopic (exact) mass is 348 g/mol. The summed E-state index contributed by atoms with van der Waals surface area (Å²) in [4.78, 5) is 24.8. The molecular weight excluding hydrogens is 330 g/mol. The lowest BCUT2D eigenvalue weighted by Crippen LogP contribution is -2.47. The van der Waals surface area contributed by atoms with Crippen molar-refractivity contribution in [3.63, 3.8) is 0 Å².